The van der Waals surface area contributed by atoms with Crippen LogP contribution in [0.2, 0.25) is 0 Å². The van der Waals surface area contributed by atoms with Crippen molar-refractivity contribution in [1.82, 2.24) is 19.3 Å². The number of nitrogens with zero attached hydrogens (tertiary/aromatic N) is 4. The zero-order valence-corrected chi connectivity index (χ0v) is 14.6. The fourth-order valence-corrected chi connectivity index (χ4v) is 3.69. The lowest BCUT2D eigenvalue weighted by molar-refractivity contribution is -0.143. The summed E-state index contributed by atoms with van der Waals surface area (Å²) in [6.45, 7) is 4.24. The van der Waals surface area contributed by atoms with Gasteiger partial charge in [-0.1, -0.05) is 0 Å². The smallest absolute Gasteiger partial charge is 0.309 e. The van der Waals surface area contributed by atoms with E-state index in [4.69, 9.17) is 0 Å². The minimum Gasteiger partial charge on any atom is -0.481 e. The first-order valence-corrected chi connectivity index (χ1v) is 8.49. The molecule has 2 amide bonds. The van der Waals surface area contributed by atoms with Crippen molar-refractivity contribution in [3.63, 3.8) is 0 Å². The molecular weight excluding hydrogens is 324 g/mol. The molecule has 25 heavy (non-hydrogen) atoms. The number of amides is 2. The average molecular weight is 348 g/mol. The molecule has 0 aromatic carbocycles. The molecule has 0 spiro atoms. The SMILES string of the molecule is CC(=O)N1CC(C(=O)O)CN2CCN(C(=O)c3cccn3C)CC2C1. The number of hydrogen-bond acceptors (Lipinski definition) is 4. The van der Waals surface area contributed by atoms with E-state index in [0.29, 0.717) is 38.4 Å². The Hall–Kier alpha value is -2.35. The Bertz CT molecular complexity index is 686. The molecule has 0 saturated carbocycles. The van der Waals surface area contributed by atoms with Crippen LogP contribution in [-0.2, 0) is 16.6 Å². The Morgan fingerprint density at radius 2 is 1.80 bits per heavy atom. The standard InChI is InChI=1S/C17H24N4O4/c1-12(22)21-9-13(17(24)25)8-19-6-7-20(10-14(19)11-21)16(23)15-4-3-5-18(15)2/h3-5,13-14H,6-11H2,1-2H3,(H,24,25). The van der Waals surface area contributed by atoms with Crippen LogP contribution in [0.5, 0.6) is 0 Å². The van der Waals surface area contributed by atoms with Crippen LogP contribution >= 0.6 is 0 Å². The molecule has 2 fully saturated rings. The highest BCUT2D eigenvalue weighted by atomic mass is 16.4. The van der Waals surface area contributed by atoms with Crippen LogP contribution in [0.25, 0.3) is 0 Å². The predicted octanol–water partition coefficient (Wildman–Crippen LogP) is -0.286. The van der Waals surface area contributed by atoms with Crippen molar-refractivity contribution in [2.45, 2.75) is 13.0 Å². The third kappa shape index (κ3) is 3.53. The van der Waals surface area contributed by atoms with Crippen LogP contribution in [0.3, 0.4) is 0 Å². The summed E-state index contributed by atoms with van der Waals surface area (Å²) >= 11 is 0. The molecule has 1 N–H and O–H groups in total. The van der Waals surface area contributed by atoms with Crippen LogP contribution in [0.1, 0.15) is 17.4 Å². The normalized spacial score (nSPS) is 24.6. The van der Waals surface area contributed by atoms with Crippen molar-refractivity contribution in [1.29, 1.82) is 0 Å². The Morgan fingerprint density at radius 3 is 2.40 bits per heavy atom. The number of hydrogen-bond donors (Lipinski definition) is 1. The fourth-order valence-electron chi connectivity index (χ4n) is 3.69. The number of aromatic nitrogens is 1. The minimum absolute atomic E-state index is 0.0273. The molecule has 0 radical (unpaired) electrons. The van der Waals surface area contributed by atoms with E-state index >= 15 is 0 Å². The highest BCUT2D eigenvalue weighted by Gasteiger charge is 2.38. The molecule has 8 nitrogen and oxygen atoms in total. The van der Waals surface area contributed by atoms with Crippen molar-refractivity contribution >= 4 is 17.8 Å². The molecule has 2 atom stereocenters. The van der Waals surface area contributed by atoms with Gasteiger partial charge in [-0.25, -0.2) is 0 Å². The summed E-state index contributed by atoms with van der Waals surface area (Å²) in [5, 5.41) is 9.42. The molecule has 3 heterocycles. The van der Waals surface area contributed by atoms with Gasteiger partial charge in [-0.15, -0.1) is 0 Å². The monoisotopic (exact) mass is 348 g/mol. The van der Waals surface area contributed by atoms with Gasteiger partial charge in [-0.2, -0.15) is 0 Å². The second kappa shape index (κ2) is 6.87. The first-order valence-electron chi connectivity index (χ1n) is 8.49. The molecule has 136 valence electrons. The number of aryl methyl sites for hydroxylation is 1. The van der Waals surface area contributed by atoms with Crippen LogP contribution in [0, 0.1) is 5.92 Å². The number of fused-ring (bicyclic) bond motifs is 1. The predicted molar refractivity (Wildman–Crippen MR) is 90.1 cm³/mol. The van der Waals surface area contributed by atoms with E-state index in [1.807, 2.05) is 19.3 Å². The van der Waals surface area contributed by atoms with E-state index < -0.39 is 11.9 Å². The third-order valence-corrected chi connectivity index (χ3v) is 5.18. The summed E-state index contributed by atoms with van der Waals surface area (Å²) < 4.78 is 1.80. The van der Waals surface area contributed by atoms with E-state index in [0.717, 1.165) is 0 Å². The van der Waals surface area contributed by atoms with Gasteiger partial charge in [0.1, 0.15) is 5.69 Å². The van der Waals surface area contributed by atoms with Crippen LogP contribution in [0.4, 0.5) is 0 Å². The highest BCUT2D eigenvalue weighted by molar-refractivity contribution is 5.92. The number of aliphatic carboxylic acids is 1. The number of rotatable bonds is 2. The molecule has 1 aromatic heterocycles. The van der Waals surface area contributed by atoms with E-state index in [9.17, 15) is 19.5 Å². The average Bonchev–Trinajstić information content (AvgIpc) is 2.89. The van der Waals surface area contributed by atoms with E-state index in [1.54, 1.807) is 20.4 Å². The van der Waals surface area contributed by atoms with Crippen molar-refractivity contribution in [2.75, 3.05) is 39.3 Å². The van der Waals surface area contributed by atoms with Crippen molar-refractivity contribution < 1.29 is 19.5 Å². The lowest BCUT2D eigenvalue weighted by Gasteiger charge is -2.41. The van der Waals surface area contributed by atoms with Gasteiger partial charge < -0.3 is 19.5 Å². The Morgan fingerprint density at radius 1 is 1.08 bits per heavy atom. The van der Waals surface area contributed by atoms with Gasteiger partial charge in [0, 0.05) is 65.5 Å². The molecule has 2 aliphatic heterocycles. The molecular formula is C17H24N4O4. The third-order valence-electron chi connectivity index (χ3n) is 5.18. The maximum atomic E-state index is 12.7. The van der Waals surface area contributed by atoms with Gasteiger partial charge in [0.2, 0.25) is 5.91 Å². The van der Waals surface area contributed by atoms with Crippen LogP contribution in [0.15, 0.2) is 18.3 Å². The van der Waals surface area contributed by atoms with Crippen molar-refractivity contribution in [2.24, 2.45) is 13.0 Å². The van der Waals surface area contributed by atoms with Crippen LogP contribution < -0.4 is 0 Å². The number of carboxylic acid groups (broad SMARTS) is 1. The lowest BCUT2D eigenvalue weighted by Crippen LogP contribution is -2.57. The van der Waals surface area contributed by atoms with Gasteiger partial charge >= 0.3 is 5.97 Å². The number of carbonyl (C=O) groups excluding carboxylic acids is 2. The summed E-state index contributed by atoms with van der Waals surface area (Å²) in [4.78, 5) is 41.6. The highest BCUT2D eigenvalue weighted by Crippen LogP contribution is 2.20. The Balaban J connectivity index is 1.76. The van der Waals surface area contributed by atoms with Gasteiger partial charge in [0.25, 0.3) is 5.91 Å². The molecule has 2 unspecified atom stereocenters. The van der Waals surface area contributed by atoms with Gasteiger partial charge in [-0.3, -0.25) is 19.3 Å². The molecule has 8 heteroatoms. The van der Waals surface area contributed by atoms with E-state index in [-0.39, 0.29) is 24.4 Å². The second-order valence-electron chi connectivity index (χ2n) is 6.86. The largest absolute Gasteiger partial charge is 0.481 e. The lowest BCUT2D eigenvalue weighted by atomic mass is 10.1. The zero-order valence-electron chi connectivity index (χ0n) is 14.6. The van der Waals surface area contributed by atoms with Crippen molar-refractivity contribution in [3.05, 3.63) is 24.0 Å². The van der Waals surface area contributed by atoms with Gasteiger partial charge in [0.05, 0.1) is 5.92 Å². The summed E-state index contributed by atoms with van der Waals surface area (Å²) in [6, 6.07) is 3.60. The first kappa shape index (κ1) is 17.5. The molecule has 3 rings (SSSR count). The summed E-state index contributed by atoms with van der Waals surface area (Å²) in [5.74, 6) is -1.63. The van der Waals surface area contributed by atoms with E-state index in [2.05, 4.69) is 4.90 Å². The van der Waals surface area contributed by atoms with Gasteiger partial charge in [0.15, 0.2) is 0 Å². The number of piperazine rings is 1. The van der Waals surface area contributed by atoms with E-state index in [1.165, 1.54) is 6.92 Å². The minimum atomic E-state index is -0.880. The molecule has 2 aliphatic rings. The zero-order chi connectivity index (χ0) is 18.1. The first-order chi connectivity index (χ1) is 11.9. The maximum Gasteiger partial charge on any atom is 0.309 e. The molecule has 2 saturated heterocycles. The summed E-state index contributed by atoms with van der Waals surface area (Å²) in [5.41, 5.74) is 0.633. The van der Waals surface area contributed by atoms with Crippen molar-refractivity contribution in [3.8, 4) is 0 Å². The van der Waals surface area contributed by atoms with Crippen LogP contribution in [-0.4, -0.2) is 87.5 Å². The quantitative estimate of drug-likeness (QED) is 0.794. The molecule has 0 aliphatic carbocycles. The second-order valence-corrected chi connectivity index (χ2v) is 6.86. The maximum absolute atomic E-state index is 12.7. The topological polar surface area (TPSA) is 86.1 Å². The molecule has 0 bridgehead atoms. The number of carbonyl (C=O) groups is 3. The number of carboxylic acids is 1. The summed E-state index contributed by atoms with van der Waals surface area (Å²) in [7, 11) is 1.84. The molecule has 1 aromatic rings. The Labute approximate surface area is 146 Å². The summed E-state index contributed by atoms with van der Waals surface area (Å²) in [6.07, 6.45) is 1.84. The Kier molecular flexibility index (Phi) is 4.80. The fraction of sp³-hybridized carbons (Fsp3) is 0.588. The van der Waals surface area contributed by atoms with Gasteiger partial charge in [-0.05, 0) is 12.1 Å².